The van der Waals surface area contributed by atoms with Crippen LogP contribution in [0, 0.1) is 6.92 Å². The molecule has 0 atom stereocenters. The highest BCUT2D eigenvalue weighted by molar-refractivity contribution is 14.0. The van der Waals surface area contributed by atoms with Gasteiger partial charge in [-0.05, 0) is 26.0 Å². The quantitative estimate of drug-likeness (QED) is 0.300. The first kappa shape index (κ1) is 20.0. The van der Waals surface area contributed by atoms with Crippen molar-refractivity contribution < 1.29 is 9.47 Å². The third-order valence-corrected chi connectivity index (χ3v) is 2.65. The van der Waals surface area contributed by atoms with Gasteiger partial charge in [0.25, 0.3) is 0 Å². The molecular weight excluding hydrogens is 381 g/mol. The monoisotopic (exact) mass is 407 g/mol. The molecule has 0 aliphatic rings. The van der Waals surface area contributed by atoms with E-state index in [1.54, 1.807) is 7.05 Å². The number of halogens is 1. The van der Waals surface area contributed by atoms with Crippen molar-refractivity contribution in [3.05, 3.63) is 29.8 Å². The van der Waals surface area contributed by atoms with E-state index < -0.39 is 0 Å². The second-order valence-electron chi connectivity index (χ2n) is 4.28. The number of benzene rings is 1. The standard InChI is InChI=1S/C15H25N3O2.HI/c1-4-19-11-9-17-15(16-3)18-10-12-20-14-7-5-13(2)6-8-14;/h5-8H,4,9-12H2,1-3H3,(H2,16,17,18);1H. The minimum atomic E-state index is 0. The van der Waals surface area contributed by atoms with E-state index in [-0.39, 0.29) is 24.0 Å². The van der Waals surface area contributed by atoms with Gasteiger partial charge in [0.05, 0.1) is 13.2 Å². The van der Waals surface area contributed by atoms with Crippen LogP contribution in [0.25, 0.3) is 0 Å². The second kappa shape index (κ2) is 12.7. The average Bonchev–Trinajstić information content (AvgIpc) is 2.47. The first-order valence-electron chi connectivity index (χ1n) is 6.98. The Kier molecular flexibility index (Phi) is 12.1. The zero-order valence-corrected chi connectivity index (χ0v) is 15.3. The lowest BCUT2D eigenvalue weighted by Gasteiger charge is -2.12. The van der Waals surface area contributed by atoms with Crippen molar-refractivity contribution in [2.45, 2.75) is 13.8 Å². The van der Waals surface area contributed by atoms with Gasteiger partial charge in [0.15, 0.2) is 5.96 Å². The highest BCUT2D eigenvalue weighted by Gasteiger charge is 1.97. The fraction of sp³-hybridized carbons (Fsp3) is 0.533. The Bertz CT molecular complexity index is 396. The smallest absolute Gasteiger partial charge is 0.191 e. The molecule has 1 aromatic rings. The van der Waals surface area contributed by atoms with E-state index in [1.807, 2.05) is 31.2 Å². The predicted octanol–water partition coefficient (Wildman–Crippen LogP) is 2.19. The molecule has 0 aliphatic carbocycles. The summed E-state index contributed by atoms with van der Waals surface area (Å²) in [6.45, 7) is 7.48. The summed E-state index contributed by atoms with van der Waals surface area (Å²) in [5.74, 6) is 1.65. The van der Waals surface area contributed by atoms with E-state index in [0.29, 0.717) is 19.8 Å². The number of aryl methyl sites for hydroxylation is 1. The molecule has 5 nitrogen and oxygen atoms in total. The molecule has 0 aliphatic heterocycles. The van der Waals surface area contributed by atoms with Gasteiger partial charge in [-0.3, -0.25) is 4.99 Å². The Balaban J connectivity index is 0.00000400. The second-order valence-corrected chi connectivity index (χ2v) is 4.28. The summed E-state index contributed by atoms with van der Waals surface area (Å²) < 4.78 is 10.9. The van der Waals surface area contributed by atoms with Crippen LogP contribution in [0.2, 0.25) is 0 Å². The van der Waals surface area contributed by atoms with Crippen LogP contribution in [0.4, 0.5) is 0 Å². The van der Waals surface area contributed by atoms with Crippen LogP contribution in [0.1, 0.15) is 12.5 Å². The van der Waals surface area contributed by atoms with Crippen molar-refractivity contribution in [1.29, 1.82) is 0 Å². The summed E-state index contributed by atoms with van der Waals surface area (Å²) in [5, 5.41) is 6.35. The van der Waals surface area contributed by atoms with E-state index in [0.717, 1.165) is 24.9 Å². The van der Waals surface area contributed by atoms with Gasteiger partial charge < -0.3 is 20.1 Å². The van der Waals surface area contributed by atoms with Crippen molar-refractivity contribution in [2.75, 3.05) is 40.0 Å². The fourth-order valence-electron chi connectivity index (χ4n) is 1.58. The Morgan fingerprint density at radius 2 is 1.71 bits per heavy atom. The van der Waals surface area contributed by atoms with Gasteiger partial charge in [0.1, 0.15) is 12.4 Å². The topological polar surface area (TPSA) is 54.9 Å². The van der Waals surface area contributed by atoms with E-state index in [9.17, 15) is 0 Å². The Labute approximate surface area is 144 Å². The molecule has 0 bridgehead atoms. The molecule has 0 saturated heterocycles. The third kappa shape index (κ3) is 9.52. The molecule has 0 aromatic heterocycles. The normalized spacial score (nSPS) is 10.7. The lowest BCUT2D eigenvalue weighted by Crippen LogP contribution is -2.40. The van der Waals surface area contributed by atoms with Gasteiger partial charge in [-0.15, -0.1) is 24.0 Å². The van der Waals surface area contributed by atoms with Crippen LogP contribution in [0.15, 0.2) is 29.3 Å². The van der Waals surface area contributed by atoms with Gasteiger partial charge in [-0.2, -0.15) is 0 Å². The molecule has 0 amide bonds. The van der Waals surface area contributed by atoms with E-state index in [1.165, 1.54) is 5.56 Å². The highest BCUT2D eigenvalue weighted by atomic mass is 127. The minimum Gasteiger partial charge on any atom is -0.492 e. The third-order valence-electron chi connectivity index (χ3n) is 2.65. The van der Waals surface area contributed by atoms with Gasteiger partial charge in [0, 0.05) is 20.2 Å². The number of rotatable bonds is 8. The maximum atomic E-state index is 5.63. The largest absolute Gasteiger partial charge is 0.492 e. The number of guanidine groups is 1. The van der Waals surface area contributed by atoms with Crippen LogP contribution >= 0.6 is 24.0 Å². The Hall–Kier alpha value is -1.02. The Morgan fingerprint density at radius 1 is 1.10 bits per heavy atom. The molecule has 6 heteroatoms. The summed E-state index contributed by atoms with van der Waals surface area (Å²) in [7, 11) is 1.75. The predicted molar refractivity (Wildman–Crippen MR) is 97.9 cm³/mol. The first-order chi connectivity index (χ1) is 9.76. The molecule has 1 aromatic carbocycles. The van der Waals surface area contributed by atoms with E-state index >= 15 is 0 Å². The summed E-state index contributed by atoms with van der Waals surface area (Å²) in [6, 6.07) is 8.03. The molecule has 0 saturated carbocycles. The summed E-state index contributed by atoms with van der Waals surface area (Å²) in [4.78, 5) is 4.13. The Morgan fingerprint density at radius 3 is 2.29 bits per heavy atom. The van der Waals surface area contributed by atoms with Crippen molar-refractivity contribution >= 4 is 29.9 Å². The van der Waals surface area contributed by atoms with E-state index in [2.05, 4.69) is 22.5 Å². The SMILES string of the molecule is CCOCCNC(=NC)NCCOc1ccc(C)cc1.I. The zero-order valence-electron chi connectivity index (χ0n) is 13.0. The molecular formula is C15H26IN3O2. The number of aliphatic imine (C=N–C) groups is 1. The van der Waals surface area contributed by atoms with Gasteiger partial charge in [-0.25, -0.2) is 0 Å². The van der Waals surface area contributed by atoms with Gasteiger partial charge in [-0.1, -0.05) is 17.7 Å². The highest BCUT2D eigenvalue weighted by Crippen LogP contribution is 2.10. The molecule has 2 N–H and O–H groups in total. The number of nitrogens with zero attached hydrogens (tertiary/aromatic N) is 1. The number of hydrogen-bond acceptors (Lipinski definition) is 3. The summed E-state index contributed by atoms with van der Waals surface area (Å²) >= 11 is 0. The van der Waals surface area contributed by atoms with Crippen LogP contribution in [-0.2, 0) is 4.74 Å². The number of ether oxygens (including phenoxy) is 2. The van der Waals surface area contributed by atoms with Crippen LogP contribution in [0.5, 0.6) is 5.75 Å². The molecule has 0 fully saturated rings. The molecule has 21 heavy (non-hydrogen) atoms. The summed E-state index contributed by atoms with van der Waals surface area (Å²) in [6.07, 6.45) is 0. The molecule has 120 valence electrons. The van der Waals surface area contributed by atoms with Crippen molar-refractivity contribution in [2.24, 2.45) is 4.99 Å². The molecule has 0 unspecified atom stereocenters. The molecule has 0 radical (unpaired) electrons. The fourth-order valence-corrected chi connectivity index (χ4v) is 1.58. The molecule has 1 rings (SSSR count). The molecule has 0 heterocycles. The van der Waals surface area contributed by atoms with Crippen LogP contribution < -0.4 is 15.4 Å². The van der Waals surface area contributed by atoms with Crippen LogP contribution in [0.3, 0.4) is 0 Å². The maximum Gasteiger partial charge on any atom is 0.191 e. The van der Waals surface area contributed by atoms with E-state index in [4.69, 9.17) is 9.47 Å². The lowest BCUT2D eigenvalue weighted by molar-refractivity contribution is 0.152. The number of nitrogens with one attached hydrogen (secondary N) is 2. The van der Waals surface area contributed by atoms with Gasteiger partial charge in [0.2, 0.25) is 0 Å². The van der Waals surface area contributed by atoms with Crippen molar-refractivity contribution in [3.63, 3.8) is 0 Å². The minimum absolute atomic E-state index is 0. The van der Waals surface area contributed by atoms with Crippen LogP contribution in [-0.4, -0.2) is 45.9 Å². The average molecular weight is 407 g/mol. The maximum absolute atomic E-state index is 5.63. The van der Waals surface area contributed by atoms with Crippen molar-refractivity contribution in [1.82, 2.24) is 10.6 Å². The zero-order chi connectivity index (χ0) is 14.6. The van der Waals surface area contributed by atoms with Crippen molar-refractivity contribution in [3.8, 4) is 5.75 Å². The number of hydrogen-bond donors (Lipinski definition) is 2. The van der Waals surface area contributed by atoms with Gasteiger partial charge >= 0.3 is 0 Å². The summed E-state index contributed by atoms with van der Waals surface area (Å²) in [5.41, 5.74) is 1.23. The first-order valence-corrected chi connectivity index (χ1v) is 6.98. The molecule has 0 spiro atoms. The lowest BCUT2D eigenvalue weighted by atomic mass is 10.2.